The molecule has 19 heavy (non-hydrogen) atoms. The lowest BCUT2D eigenvalue weighted by molar-refractivity contribution is 0.1000. The molecule has 1 aromatic heterocycles. The molecular weight excluding hydrogens is 240 g/mol. The van der Waals surface area contributed by atoms with Gasteiger partial charge in [0.2, 0.25) is 0 Å². The second-order valence-corrected chi connectivity index (χ2v) is 4.22. The van der Waals surface area contributed by atoms with Gasteiger partial charge in [-0.25, -0.2) is 4.68 Å². The Morgan fingerprint density at radius 2 is 1.89 bits per heavy atom. The normalized spacial score (nSPS) is 10.7. The number of carbonyl (C=O) groups is 1. The van der Waals surface area contributed by atoms with Crippen LogP contribution in [0.3, 0.4) is 0 Å². The number of carbonyl (C=O) groups excluding carboxylic acids is 1. The number of hydrogen-bond donors (Lipinski definition) is 2. The van der Waals surface area contributed by atoms with E-state index in [1.807, 2.05) is 24.3 Å². The highest BCUT2D eigenvalue weighted by Gasteiger charge is 2.15. The predicted octanol–water partition coefficient (Wildman–Crippen LogP) is 1.71. The van der Waals surface area contributed by atoms with Gasteiger partial charge in [-0.1, -0.05) is 24.3 Å². The van der Waals surface area contributed by atoms with E-state index in [0.717, 1.165) is 10.9 Å². The molecule has 5 nitrogen and oxygen atoms in total. The summed E-state index contributed by atoms with van der Waals surface area (Å²) in [5.74, 6) is -0.526. The molecule has 0 saturated heterocycles. The molecule has 5 heteroatoms. The number of primary amides is 1. The predicted molar refractivity (Wildman–Crippen MR) is 74.0 cm³/mol. The summed E-state index contributed by atoms with van der Waals surface area (Å²) >= 11 is 0. The van der Waals surface area contributed by atoms with Crippen LogP contribution in [-0.2, 0) is 0 Å². The van der Waals surface area contributed by atoms with Crippen LogP contribution in [0.25, 0.3) is 16.6 Å². The molecule has 2 aromatic carbocycles. The fourth-order valence-electron chi connectivity index (χ4n) is 2.15. The molecule has 4 N–H and O–H groups in total. The number of nitrogens with zero attached hydrogens (tertiary/aromatic N) is 2. The summed E-state index contributed by atoms with van der Waals surface area (Å²) in [5, 5.41) is 5.27. The minimum atomic E-state index is -0.526. The number of fused-ring (bicyclic) bond motifs is 1. The molecule has 0 aliphatic carbocycles. The minimum Gasteiger partial charge on any atom is -0.397 e. The van der Waals surface area contributed by atoms with Crippen LogP contribution in [0.1, 0.15) is 10.4 Å². The highest BCUT2D eigenvalue weighted by molar-refractivity contribution is 5.99. The highest BCUT2D eigenvalue weighted by atomic mass is 16.1. The number of aromatic nitrogens is 2. The molecule has 0 aliphatic rings. The van der Waals surface area contributed by atoms with Gasteiger partial charge in [-0.2, -0.15) is 5.10 Å². The number of rotatable bonds is 2. The van der Waals surface area contributed by atoms with Crippen LogP contribution in [-0.4, -0.2) is 15.7 Å². The third-order valence-corrected chi connectivity index (χ3v) is 3.02. The van der Waals surface area contributed by atoms with Crippen molar-refractivity contribution in [1.29, 1.82) is 0 Å². The van der Waals surface area contributed by atoms with Crippen molar-refractivity contribution in [2.24, 2.45) is 5.73 Å². The molecule has 0 atom stereocenters. The second kappa shape index (κ2) is 4.13. The molecule has 3 aromatic rings. The third kappa shape index (κ3) is 1.72. The highest BCUT2D eigenvalue weighted by Crippen LogP contribution is 2.25. The molecule has 0 radical (unpaired) electrons. The topological polar surface area (TPSA) is 86.9 Å². The Kier molecular flexibility index (Phi) is 2.45. The molecule has 0 bridgehead atoms. The Labute approximate surface area is 109 Å². The van der Waals surface area contributed by atoms with Crippen molar-refractivity contribution in [3.05, 3.63) is 54.2 Å². The largest absolute Gasteiger partial charge is 0.397 e. The zero-order valence-corrected chi connectivity index (χ0v) is 10.1. The third-order valence-electron chi connectivity index (χ3n) is 3.02. The van der Waals surface area contributed by atoms with Crippen molar-refractivity contribution in [1.82, 2.24) is 9.78 Å². The van der Waals surface area contributed by atoms with E-state index in [0.29, 0.717) is 16.9 Å². The second-order valence-electron chi connectivity index (χ2n) is 4.22. The van der Waals surface area contributed by atoms with Crippen LogP contribution in [0.4, 0.5) is 5.69 Å². The quantitative estimate of drug-likeness (QED) is 0.680. The van der Waals surface area contributed by atoms with E-state index in [2.05, 4.69) is 5.10 Å². The summed E-state index contributed by atoms with van der Waals surface area (Å²) in [6.45, 7) is 0. The number of nitrogens with two attached hydrogens (primary N) is 2. The average Bonchev–Trinajstić information content (AvgIpc) is 2.82. The molecule has 0 aliphatic heterocycles. The van der Waals surface area contributed by atoms with Crippen molar-refractivity contribution in [2.75, 3.05) is 5.73 Å². The van der Waals surface area contributed by atoms with E-state index in [9.17, 15) is 4.79 Å². The Morgan fingerprint density at radius 1 is 1.11 bits per heavy atom. The van der Waals surface area contributed by atoms with Gasteiger partial charge in [-0.3, -0.25) is 4.79 Å². The molecule has 0 unspecified atom stereocenters. The van der Waals surface area contributed by atoms with Crippen molar-refractivity contribution in [2.45, 2.75) is 0 Å². The fraction of sp³-hybridized carbons (Fsp3) is 0. The van der Waals surface area contributed by atoms with Gasteiger partial charge in [0.25, 0.3) is 5.91 Å². The summed E-state index contributed by atoms with van der Waals surface area (Å²) in [6.07, 6.45) is 1.73. The Hall–Kier alpha value is -2.82. The van der Waals surface area contributed by atoms with E-state index in [1.54, 1.807) is 29.1 Å². The van der Waals surface area contributed by atoms with Gasteiger partial charge >= 0.3 is 0 Å². The Morgan fingerprint density at radius 3 is 2.68 bits per heavy atom. The SMILES string of the molecule is NC(=O)c1cccc(N)c1-n1ncc2ccccc21. The smallest absolute Gasteiger partial charge is 0.250 e. The van der Waals surface area contributed by atoms with E-state index < -0.39 is 5.91 Å². The van der Waals surface area contributed by atoms with Gasteiger partial charge in [0.05, 0.1) is 23.0 Å². The summed E-state index contributed by atoms with van der Waals surface area (Å²) in [5.41, 5.74) is 13.6. The maximum absolute atomic E-state index is 11.5. The standard InChI is InChI=1S/C14H12N4O/c15-11-6-3-5-10(14(16)19)13(11)18-12-7-2-1-4-9(12)8-17-18/h1-8H,15H2,(H2,16,19). The number of hydrogen-bond acceptors (Lipinski definition) is 3. The van der Waals surface area contributed by atoms with Gasteiger partial charge in [0.15, 0.2) is 0 Å². The zero-order chi connectivity index (χ0) is 13.4. The number of nitrogen functional groups attached to an aromatic ring is 1. The summed E-state index contributed by atoms with van der Waals surface area (Å²) in [7, 11) is 0. The van der Waals surface area contributed by atoms with Crippen LogP contribution < -0.4 is 11.5 Å². The van der Waals surface area contributed by atoms with Crippen LogP contribution in [0.15, 0.2) is 48.7 Å². The zero-order valence-electron chi connectivity index (χ0n) is 10.1. The van der Waals surface area contributed by atoms with Crippen LogP contribution in [0.2, 0.25) is 0 Å². The van der Waals surface area contributed by atoms with E-state index in [4.69, 9.17) is 11.5 Å². The maximum Gasteiger partial charge on any atom is 0.250 e. The van der Waals surface area contributed by atoms with Gasteiger partial charge in [-0.05, 0) is 18.2 Å². The lowest BCUT2D eigenvalue weighted by atomic mass is 10.1. The number of benzene rings is 2. The van der Waals surface area contributed by atoms with Gasteiger partial charge < -0.3 is 11.5 Å². The van der Waals surface area contributed by atoms with E-state index in [1.165, 1.54) is 0 Å². The first kappa shape index (κ1) is 11.3. The van der Waals surface area contributed by atoms with Crippen LogP contribution in [0.5, 0.6) is 0 Å². The Balaban J connectivity index is 2.36. The lowest BCUT2D eigenvalue weighted by Gasteiger charge is -2.11. The monoisotopic (exact) mass is 252 g/mol. The number of para-hydroxylation sites is 2. The van der Waals surface area contributed by atoms with Gasteiger partial charge in [0, 0.05) is 5.39 Å². The summed E-state index contributed by atoms with van der Waals surface area (Å²) in [6, 6.07) is 12.8. The molecule has 0 spiro atoms. The molecule has 0 fully saturated rings. The maximum atomic E-state index is 11.5. The first-order chi connectivity index (χ1) is 9.18. The minimum absolute atomic E-state index is 0.355. The average molecular weight is 252 g/mol. The lowest BCUT2D eigenvalue weighted by Crippen LogP contribution is -2.16. The fourth-order valence-corrected chi connectivity index (χ4v) is 2.15. The van der Waals surface area contributed by atoms with Gasteiger partial charge in [-0.15, -0.1) is 0 Å². The molecule has 1 amide bonds. The molecule has 94 valence electrons. The molecule has 0 saturated carbocycles. The first-order valence-corrected chi connectivity index (χ1v) is 5.80. The number of anilines is 1. The van der Waals surface area contributed by atoms with Crippen molar-refractivity contribution >= 4 is 22.5 Å². The summed E-state index contributed by atoms with van der Waals surface area (Å²) in [4.78, 5) is 11.5. The molecule has 1 heterocycles. The molecular formula is C14H12N4O. The van der Waals surface area contributed by atoms with E-state index in [-0.39, 0.29) is 0 Å². The van der Waals surface area contributed by atoms with Crippen LogP contribution in [0, 0.1) is 0 Å². The van der Waals surface area contributed by atoms with Crippen molar-refractivity contribution in [3.8, 4) is 5.69 Å². The number of amides is 1. The van der Waals surface area contributed by atoms with Crippen molar-refractivity contribution in [3.63, 3.8) is 0 Å². The molecule has 3 rings (SSSR count). The Bertz CT molecular complexity index is 776. The van der Waals surface area contributed by atoms with Crippen molar-refractivity contribution < 1.29 is 4.79 Å². The van der Waals surface area contributed by atoms with E-state index >= 15 is 0 Å². The summed E-state index contributed by atoms with van der Waals surface area (Å²) < 4.78 is 1.64. The van der Waals surface area contributed by atoms with Crippen LogP contribution >= 0.6 is 0 Å². The van der Waals surface area contributed by atoms with Gasteiger partial charge in [0.1, 0.15) is 5.69 Å². The first-order valence-electron chi connectivity index (χ1n) is 5.80.